The van der Waals surface area contributed by atoms with Gasteiger partial charge >= 0.3 is 29.2 Å². The molecule has 0 rings (SSSR count). The van der Waals surface area contributed by atoms with Crippen molar-refractivity contribution in [2.24, 2.45) is 0 Å². The fourth-order valence-corrected chi connectivity index (χ4v) is 0. The van der Waals surface area contributed by atoms with Crippen LogP contribution in [0.15, 0.2) is 0 Å². The minimum atomic E-state index is -1.83. The summed E-state index contributed by atoms with van der Waals surface area (Å²) in [6, 6.07) is 0. The summed E-state index contributed by atoms with van der Waals surface area (Å²) in [5.41, 5.74) is 0. The predicted octanol–water partition coefficient (Wildman–Crippen LogP) is -1.88. The van der Waals surface area contributed by atoms with Crippen LogP contribution >= 0.6 is 0 Å². The van der Waals surface area contributed by atoms with Crippen LogP contribution in [-0.4, -0.2) is 56.8 Å². The molecule has 0 fully saturated rings. The number of hydrogen-bond acceptors (Lipinski definition) is 1. The van der Waals surface area contributed by atoms with Crippen molar-refractivity contribution in [2.75, 3.05) is 0 Å². The van der Waals surface area contributed by atoms with Gasteiger partial charge in [0.05, 0.1) is 0 Å². The monoisotopic (exact) mass is 182 g/mol. The Balaban J connectivity index is -0.0000000150. The quantitative estimate of drug-likeness (QED) is 0.433. The van der Waals surface area contributed by atoms with Crippen LogP contribution in [0.2, 0.25) is 0 Å². The SMILES string of the molecule is O=C(O)O.[AlH3].[MgH2].[Zn]. The van der Waals surface area contributed by atoms with Crippen LogP contribution in [0.4, 0.5) is 4.79 Å². The Labute approximate surface area is 80.5 Å². The molecule has 2 N–H and O–H groups in total. The van der Waals surface area contributed by atoms with Gasteiger partial charge in [0.2, 0.25) is 0 Å². The van der Waals surface area contributed by atoms with Gasteiger partial charge in [-0.15, -0.1) is 0 Å². The fourth-order valence-electron chi connectivity index (χ4n) is 0. The molecule has 0 aliphatic carbocycles. The van der Waals surface area contributed by atoms with Crippen molar-refractivity contribution in [1.82, 2.24) is 0 Å². The van der Waals surface area contributed by atoms with Gasteiger partial charge in [0.15, 0.2) is 17.4 Å². The Morgan fingerprint density at radius 3 is 1.29 bits per heavy atom. The minimum absolute atomic E-state index is 0. The molecule has 0 aliphatic heterocycles. The summed E-state index contributed by atoms with van der Waals surface area (Å²) in [5.74, 6) is 0. The molecule has 36 valence electrons. The molecule has 7 heavy (non-hydrogen) atoms. The Kier molecular flexibility index (Phi) is 54.1. The van der Waals surface area contributed by atoms with Gasteiger partial charge in [0, 0.05) is 19.5 Å². The molecule has 0 aromatic carbocycles. The third-order valence-corrected chi connectivity index (χ3v) is 0. The zero-order valence-corrected chi connectivity index (χ0v) is 5.48. The predicted molar refractivity (Wildman–Crippen MR) is 29.1 cm³/mol. The molecule has 0 saturated carbocycles. The topological polar surface area (TPSA) is 57.5 Å². The van der Waals surface area contributed by atoms with Gasteiger partial charge in [-0.05, 0) is 0 Å². The number of carbonyl (C=O) groups is 1. The first kappa shape index (κ1) is 24.1. The largest absolute Gasteiger partial charge is 0.503 e. The molecule has 0 amide bonds. The molecule has 6 heteroatoms. The summed E-state index contributed by atoms with van der Waals surface area (Å²) in [6.07, 6.45) is -1.83. The second-order valence-electron chi connectivity index (χ2n) is 0.283. The van der Waals surface area contributed by atoms with Crippen LogP contribution in [0.1, 0.15) is 0 Å². The zero-order valence-electron chi connectivity index (χ0n) is 2.51. The van der Waals surface area contributed by atoms with E-state index in [9.17, 15) is 0 Å². The van der Waals surface area contributed by atoms with Crippen LogP contribution in [-0.2, 0) is 19.5 Å². The molecule has 0 atom stereocenters. The maximum atomic E-state index is 8.56. The first-order chi connectivity index (χ1) is 1.73. The van der Waals surface area contributed by atoms with Gasteiger partial charge in [-0.1, -0.05) is 0 Å². The van der Waals surface area contributed by atoms with E-state index in [-0.39, 0.29) is 59.9 Å². The zero-order chi connectivity index (χ0) is 3.58. The normalized spacial score (nSPS) is 3.43. The molecule has 0 aromatic rings. The summed E-state index contributed by atoms with van der Waals surface area (Å²) in [4.78, 5) is 8.56. The van der Waals surface area contributed by atoms with Crippen molar-refractivity contribution in [1.29, 1.82) is 0 Å². The average Bonchev–Trinajstić information content (AvgIpc) is 0.811. The van der Waals surface area contributed by atoms with Crippen LogP contribution < -0.4 is 0 Å². The molecule has 0 aliphatic rings. The molecule has 0 heterocycles. The van der Waals surface area contributed by atoms with Crippen molar-refractivity contribution < 1.29 is 34.5 Å². The van der Waals surface area contributed by atoms with Crippen LogP contribution in [0.5, 0.6) is 0 Å². The second-order valence-corrected chi connectivity index (χ2v) is 0.283. The molecular weight excluding hydrogens is 177 g/mol. The van der Waals surface area contributed by atoms with E-state index in [1.165, 1.54) is 0 Å². The first-order valence-electron chi connectivity index (χ1n) is 0.651. The standard InChI is InChI=1S/CH2O3.Al.Mg.Zn.5H/c2-1(3)4;;;;;;;;/h(H2,2,3,4);;;;;;;;. The van der Waals surface area contributed by atoms with E-state index in [0.29, 0.717) is 0 Å². The van der Waals surface area contributed by atoms with Crippen molar-refractivity contribution in [2.45, 2.75) is 0 Å². The summed E-state index contributed by atoms with van der Waals surface area (Å²) in [7, 11) is 0. The van der Waals surface area contributed by atoms with E-state index >= 15 is 0 Å². The molecule has 0 saturated heterocycles. The van der Waals surface area contributed by atoms with Crippen LogP contribution in [0.3, 0.4) is 0 Å². The van der Waals surface area contributed by atoms with E-state index < -0.39 is 6.16 Å². The third-order valence-electron chi connectivity index (χ3n) is 0. The maximum Gasteiger partial charge on any atom is 0.503 e. The molecule has 0 radical (unpaired) electrons. The number of hydrogen-bond donors (Lipinski definition) is 2. The van der Waals surface area contributed by atoms with Crippen molar-refractivity contribution >= 4 is 46.6 Å². The Morgan fingerprint density at radius 2 is 1.29 bits per heavy atom. The van der Waals surface area contributed by atoms with Gasteiger partial charge in [-0.2, -0.15) is 0 Å². The summed E-state index contributed by atoms with van der Waals surface area (Å²) < 4.78 is 0. The van der Waals surface area contributed by atoms with Crippen LogP contribution in [0, 0.1) is 0 Å². The second kappa shape index (κ2) is 15.7. The van der Waals surface area contributed by atoms with E-state index in [2.05, 4.69) is 0 Å². The Bertz CT molecular complexity index is 37.9. The van der Waals surface area contributed by atoms with Crippen LogP contribution in [0.25, 0.3) is 0 Å². The van der Waals surface area contributed by atoms with Gasteiger partial charge in [-0.25, -0.2) is 4.79 Å². The van der Waals surface area contributed by atoms with E-state index in [0.717, 1.165) is 0 Å². The van der Waals surface area contributed by atoms with Gasteiger partial charge in [-0.3, -0.25) is 0 Å². The molecule has 3 nitrogen and oxygen atoms in total. The molecule has 0 bridgehead atoms. The first-order valence-corrected chi connectivity index (χ1v) is 0.651. The van der Waals surface area contributed by atoms with Gasteiger partial charge < -0.3 is 10.2 Å². The third kappa shape index (κ3) is 136. The fraction of sp³-hybridized carbons (Fsp3) is 0. The number of rotatable bonds is 0. The smallest absolute Gasteiger partial charge is 0.450 e. The Hall–Kier alpha value is 1.19. The number of carboxylic acid groups (broad SMARTS) is 2. The molecule has 0 aromatic heterocycles. The van der Waals surface area contributed by atoms with Gasteiger partial charge in [0.25, 0.3) is 0 Å². The summed E-state index contributed by atoms with van der Waals surface area (Å²) in [5, 5.41) is 13.9. The Morgan fingerprint density at radius 1 is 1.29 bits per heavy atom. The average molecular weight is 184 g/mol. The maximum absolute atomic E-state index is 8.56. The summed E-state index contributed by atoms with van der Waals surface area (Å²) in [6.45, 7) is 0. The molecule has 0 spiro atoms. The van der Waals surface area contributed by atoms with Crippen molar-refractivity contribution in [3.63, 3.8) is 0 Å². The minimum Gasteiger partial charge on any atom is -0.450 e. The van der Waals surface area contributed by atoms with Crippen molar-refractivity contribution in [3.8, 4) is 0 Å². The van der Waals surface area contributed by atoms with E-state index in [1.807, 2.05) is 0 Å². The van der Waals surface area contributed by atoms with E-state index in [1.54, 1.807) is 0 Å². The van der Waals surface area contributed by atoms with E-state index in [4.69, 9.17) is 15.0 Å². The molecular formula is CH7AlMgO3Zn. The van der Waals surface area contributed by atoms with Gasteiger partial charge in [0.1, 0.15) is 0 Å². The summed E-state index contributed by atoms with van der Waals surface area (Å²) >= 11 is 0. The molecule has 0 unspecified atom stereocenters. The van der Waals surface area contributed by atoms with Crippen molar-refractivity contribution in [3.05, 3.63) is 0 Å².